The third-order valence-electron chi connectivity index (χ3n) is 12.0. The summed E-state index contributed by atoms with van der Waals surface area (Å²) in [7, 11) is 0. The molecule has 0 fully saturated rings. The molecule has 0 unspecified atom stereocenters. The Labute approximate surface area is 344 Å². The van der Waals surface area contributed by atoms with Gasteiger partial charge in [0, 0.05) is 22.0 Å². The van der Waals surface area contributed by atoms with Crippen molar-refractivity contribution in [1.29, 1.82) is 0 Å². The van der Waals surface area contributed by atoms with Crippen molar-refractivity contribution < 1.29 is 4.42 Å². The Bertz CT molecular complexity index is 3360. The van der Waals surface area contributed by atoms with Crippen LogP contribution >= 0.6 is 0 Å². The predicted molar refractivity (Wildman–Crippen MR) is 251 cm³/mol. The van der Waals surface area contributed by atoms with Gasteiger partial charge in [0.05, 0.1) is 11.4 Å². The Kier molecular flexibility index (Phi) is 8.37. The zero-order chi connectivity index (χ0) is 39.5. The number of benzene rings is 10. The van der Waals surface area contributed by atoms with Crippen LogP contribution in [-0.4, -0.2) is 0 Å². The third-order valence-corrected chi connectivity index (χ3v) is 12.0. The van der Waals surface area contributed by atoms with Crippen LogP contribution in [0.25, 0.3) is 87.6 Å². The topological polar surface area (TPSA) is 16.4 Å². The van der Waals surface area contributed by atoms with Crippen LogP contribution in [0.5, 0.6) is 0 Å². The number of para-hydroxylation sites is 2. The number of anilines is 3. The quantitative estimate of drug-likeness (QED) is 0.161. The van der Waals surface area contributed by atoms with E-state index >= 15 is 0 Å². The van der Waals surface area contributed by atoms with Crippen LogP contribution in [0.4, 0.5) is 17.1 Å². The van der Waals surface area contributed by atoms with Crippen molar-refractivity contribution in [1.82, 2.24) is 0 Å². The molecule has 0 aliphatic heterocycles. The number of hydrogen-bond donors (Lipinski definition) is 0. The zero-order valence-corrected chi connectivity index (χ0v) is 33.1. The molecule has 2 heteroatoms. The average Bonchev–Trinajstić information content (AvgIpc) is 3.70. The van der Waals surface area contributed by atoms with E-state index in [4.69, 9.17) is 4.42 Å². The zero-order valence-electron chi connectivity index (χ0n) is 33.1. The molecule has 280 valence electrons. The van der Waals surface area contributed by atoms with Crippen molar-refractivity contribution in [3.8, 4) is 33.4 Å². The first-order valence-corrected chi connectivity index (χ1v) is 20.5. The molecule has 0 saturated carbocycles. The highest BCUT2D eigenvalue weighted by Crippen LogP contribution is 2.48. The summed E-state index contributed by atoms with van der Waals surface area (Å²) < 4.78 is 7.10. The summed E-state index contributed by atoms with van der Waals surface area (Å²) in [4.78, 5) is 2.40. The summed E-state index contributed by atoms with van der Waals surface area (Å²) in [5.74, 6) is 0.318. The molecule has 0 aliphatic carbocycles. The van der Waals surface area contributed by atoms with Crippen molar-refractivity contribution >= 4 is 71.3 Å². The number of furan rings is 1. The van der Waals surface area contributed by atoms with Gasteiger partial charge in [0.2, 0.25) is 0 Å². The molecule has 10 aromatic carbocycles. The second-order valence-electron chi connectivity index (χ2n) is 15.9. The first-order valence-electron chi connectivity index (χ1n) is 20.5. The Morgan fingerprint density at radius 1 is 0.373 bits per heavy atom. The van der Waals surface area contributed by atoms with Crippen LogP contribution in [0.15, 0.2) is 211 Å². The molecule has 11 rings (SSSR count). The van der Waals surface area contributed by atoms with E-state index in [-0.39, 0.29) is 0 Å². The minimum absolute atomic E-state index is 0.318. The molecule has 0 atom stereocenters. The fraction of sp³-hybridized carbons (Fsp3) is 0.0526. The van der Waals surface area contributed by atoms with E-state index < -0.39 is 0 Å². The Morgan fingerprint density at radius 3 is 1.66 bits per heavy atom. The lowest BCUT2D eigenvalue weighted by Gasteiger charge is -2.28. The van der Waals surface area contributed by atoms with Crippen molar-refractivity contribution in [3.05, 3.63) is 212 Å². The highest BCUT2D eigenvalue weighted by molar-refractivity contribution is 6.23. The number of rotatable bonds is 7. The van der Waals surface area contributed by atoms with Gasteiger partial charge in [-0.05, 0) is 114 Å². The van der Waals surface area contributed by atoms with Gasteiger partial charge in [-0.1, -0.05) is 178 Å². The molecule has 0 amide bonds. The molecule has 2 nitrogen and oxygen atoms in total. The van der Waals surface area contributed by atoms with Gasteiger partial charge in [-0.15, -0.1) is 0 Å². The van der Waals surface area contributed by atoms with Crippen molar-refractivity contribution in [3.63, 3.8) is 0 Å². The fourth-order valence-electron chi connectivity index (χ4n) is 8.99. The van der Waals surface area contributed by atoms with Crippen molar-refractivity contribution in [2.24, 2.45) is 0 Å². The standard InChI is InChI=1S/C57H41NO/c1-37(2)49-20-12-21-52-55-51-19-9-8-17-47(51)36-54(57(55)59-56(49)52)58(53-22-11-10-18-50(53)40-14-4-3-5-15-40)48-31-29-39(30-32-48)42-25-26-45-35-46(28-27-44(45)34-42)43-24-23-38-13-6-7-16-41(38)33-43/h3-37H,1-2H3. The van der Waals surface area contributed by atoms with Crippen LogP contribution in [0.2, 0.25) is 0 Å². The molecule has 11 aromatic rings. The summed E-state index contributed by atoms with van der Waals surface area (Å²) in [6.07, 6.45) is 0. The van der Waals surface area contributed by atoms with Crippen LogP contribution in [0, 0.1) is 0 Å². The maximum Gasteiger partial charge on any atom is 0.160 e. The maximum atomic E-state index is 7.10. The van der Waals surface area contributed by atoms with Crippen LogP contribution in [0.3, 0.4) is 0 Å². The van der Waals surface area contributed by atoms with E-state index in [1.165, 1.54) is 60.1 Å². The number of nitrogens with zero attached hydrogens (tertiary/aromatic N) is 1. The molecule has 0 spiro atoms. The van der Waals surface area contributed by atoms with E-state index in [1.807, 2.05) is 0 Å². The molecule has 59 heavy (non-hydrogen) atoms. The second kappa shape index (κ2) is 14.2. The van der Waals surface area contributed by atoms with E-state index in [0.29, 0.717) is 5.92 Å². The Hall–Kier alpha value is -7.42. The fourth-order valence-corrected chi connectivity index (χ4v) is 8.99. The van der Waals surface area contributed by atoms with Gasteiger partial charge >= 0.3 is 0 Å². The van der Waals surface area contributed by atoms with Gasteiger partial charge in [-0.25, -0.2) is 0 Å². The first kappa shape index (κ1) is 34.8. The van der Waals surface area contributed by atoms with E-state index in [2.05, 4.69) is 225 Å². The largest absolute Gasteiger partial charge is 0.454 e. The predicted octanol–water partition coefficient (Wildman–Crippen LogP) is 16.6. The molecule has 1 heterocycles. The molecule has 0 saturated heterocycles. The number of fused-ring (bicyclic) bond motifs is 7. The molecule has 0 aliphatic rings. The van der Waals surface area contributed by atoms with E-state index in [1.54, 1.807) is 0 Å². The molecule has 0 bridgehead atoms. The molecule has 0 N–H and O–H groups in total. The lowest BCUT2D eigenvalue weighted by Crippen LogP contribution is -2.11. The SMILES string of the molecule is CC(C)c1cccc2c1oc1c(N(c3ccc(-c4ccc5cc(-c6ccc7ccccc7c6)ccc5c4)cc3)c3ccccc3-c3ccccc3)cc3ccccc3c12. The van der Waals surface area contributed by atoms with Gasteiger partial charge in [0.15, 0.2) is 5.58 Å². The minimum Gasteiger partial charge on any atom is -0.454 e. The molecular formula is C57H41NO. The first-order chi connectivity index (χ1) is 29.1. The van der Waals surface area contributed by atoms with Crippen LogP contribution < -0.4 is 4.90 Å². The molecule has 1 aromatic heterocycles. The van der Waals surface area contributed by atoms with Crippen LogP contribution in [0.1, 0.15) is 25.3 Å². The van der Waals surface area contributed by atoms with Crippen molar-refractivity contribution in [2.75, 3.05) is 4.90 Å². The lowest BCUT2D eigenvalue weighted by molar-refractivity contribution is 0.657. The summed E-state index contributed by atoms with van der Waals surface area (Å²) in [5.41, 5.74) is 13.3. The monoisotopic (exact) mass is 755 g/mol. The highest BCUT2D eigenvalue weighted by atomic mass is 16.3. The van der Waals surface area contributed by atoms with Gasteiger partial charge in [-0.3, -0.25) is 0 Å². The molecule has 0 radical (unpaired) electrons. The average molecular weight is 756 g/mol. The summed E-state index contributed by atoms with van der Waals surface area (Å²) in [6.45, 7) is 4.48. The summed E-state index contributed by atoms with van der Waals surface area (Å²) in [6, 6.07) is 74.9. The van der Waals surface area contributed by atoms with Gasteiger partial charge in [0.1, 0.15) is 5.58 Å². The Balaban J connectivity index is 1.06. The summed E-state index contributed by atoms with van der Waals surface area (Å²) >= 11 is 0. The van der Waals surface area contributed by atoms with E-state index in [9.17, 15) is 0 Å². The van der Waals surface area contributed by atoms with Gasteiger partial charge < -0.3 is 9.32 Å². The smallest absolute Gasteiger partial charge is 0.160 e. The Morgan fingerprint density at radius 2 is 0.932 bits per heavy atom. The number of hydrogen-bond acceptors (Lipinski definition) is 2. The van der Waals surface area contributed by atoms with Crippen LogP contribution in [-0.2, 0) is 0 Å². The summed E-state index contributed by atoms with van der Waals surface area (Å²) in [5, 5.41) is 9.63. The second-order valence-corrected chi connectivity index (χ2v) is 15.9. The van der Waals surface area contributed by atoms with Crippen molar-refractivity contribution in [2.45, 2.75) is 19.8 Å². The van der Waals surface area contributed by atoms with Gasteiger partial charge in [0.25, 0.3) is 0 Å². The normalized spacial score (nSPS) is 11.7. The maximum absolute atomic E-state index is 7.10. The van der Waals surface area contributed by atoms with Gasteiger partial charge in [-0.2, -0.15) is 0 Å². The lowest BCUT2D eigenvalue weighted by atomic mass is 9.96. The highest BCUT2D eigenvalue weighted by Gasteiger charge is 2.25. The minimum atomic E-state index is 0.318. The van der Waals surface area contributed by atoms with E-state index in [0.717, 1.165) is 50.1 Å². The third kappa shape index (κ3) is 6.04. The molecular weight excluding hydrogens is 715 g/mol.